The Hall–Kier alpha value is -2.73. The molecule has 2 unspecified atom stereocenters. The summed E-state index contributed by atoms with van der Waals surface area (Å²) in [5.74, 6) is -0.385. The summed E-state index contributed by atoms with van der Waals surface area (Å²) in [7, 11) is 0. The molecule has 0 saturated heterocycles. The highest BCUT2D eigenvalue weighted by molar-refractivity contribution is 5.95. The number of nitrogens with zero attached hydrogens (tertiary/aromatic N) is 1. The summed E-state index contributed by atoms with van der Waals surface area (Å²) in [5, 5.41) is 13.0. The van der Waals surface area contributed by atoms with Gasteiger partial charge in [-0.15, -0.1) is 0 Å². The van der Waals surface area contributed by atoms with E-state index in [4.69, 9.17) is 4.74 Å². The first-order valence-electron chi connectivity index (χ1n) is 7.94. The molecule has 0 aliphatic carbocycles. The zero-order chi connectivity index (χ0) is 18.2. The molecule has 1 heterocycles. The maximum atomic E-state index is 12.9. The lowest BCUT2D eigenvalue weighted by Gasteiger charge is -2.18. The van der Waals surface area contributed by atoms with Gasteiger partial charge in [0, 0.05) is 12.2 Å². The van der Waals surface area contributed by atoms with Crippen molar-refractivity contribution in [3.8, 4) is 5.75 Å². The van der Waals surface area contributed by atoms with E-state index in [2.05, 4.69) is 16.9 Å². The van der Waals surface area contributed by atoms with Crippen LogP contribution in [0, 0.1) is 5.82 Å². The van der Waals surface area contributed by atoms with Crippen molar-refractivity contribution in [2.75, 3.05) is 6.61 Å². The SMILES string of the molecule is C=CCOc1cccnc1C(=O)NC(C)CC(O)c1ccc(F)cc1. The third kappa shape index (κ3) is 5.39. The summed E-state index contributed by atoms with van der Waals surface area (Å²) in [4.78, 5) is 16.4. The fraction of sp³-hybridized carbons (Fsp3) is 0.263. The predicted molar refractivity (Wildman–Crippen MR) is 92.8 cm³/mol. The first-order valence-corrected chi connectivity index (χ1v) is 7.94. The minimum atomic E-state index is -0.809. The maximum absolute atomic E-state index is 12.9. The second kappa shape index (κ2) is 8.94. The quantitative estimate of drug-likeness (QED) is 0.722. The monoisotopic (exact) mass is 344 g/mol. The van der Waals surface area contributed by atoms with E-state index in [0.717, 1.165) is 0 Å². The molecule has 6 heteroatoms. The first kappa shape index (κ1) is 18.6. The molecule has 0 saturated carbocycles. The minimum absolute atomic E-state index is 0.174. The summed E-state index contributed by atoms with van der Waals surface area (Å²) in [6, 6.07) is 8.64. The van der Waals surface area contributed by atoms with Crippen LogP contribution in [0.2, 0.25) is 0 Å². The number of pyridine rings is 1. The third-order valence-electron chi connectivity index (χ3n) is 3.55. The lowest BCUT2D eigenvalue weighted by atomic mass is 10.0. The Morgan fingerprint density at radius 2 is 2.12 bits per heavy atom. The Bertz CT molecular complexity index is 719. The number of aliphatic hydroxyl groups excluding tert-OH is 1. The second-order valence-corrected chi connectivity index (χ2v) is 5.63. The van der Waals surface area contributed by atoms with E-state index in [0.29, 0.717) is 11.3 Å². The van der Waals surface area contributed by atoms with Crippen molar-refractivity contribution in [3.05, 3.63) is 72.3 Å². The van der Waals surface area contributed by atoms with Gasteiger partial charge in [0.25, 0.3) is 5.91 Å². The van der Waals surface area contributed by atoms with Gasteiger partial charge in [-0.2, -0.15) is 0 Å². The molecule has 1 amide bonds. The average Bonchev–Trinajstić information content (AvgIpc) is 2.60. The van der Waals surface area contributed by atoms with E-state index in [-0.39, 0.29) is 30.6 Å². The molecule has 2 aromatic rings. The summed E-state index contributed by atoms with van der Waals surface area (Å²) >= 11 is 0. The topological polar surface area (TPSA) is 71.5 Å². The zero-order valence-corrected chi connectivity index (χ0v) is 14.0. The standard InChI is InChI=1S/C19H21FN2O3/c1-3-11-25-17-5-4-10-21-18(17)19(24)22-13(2)12-16(23)14-6-8-15(20)9-7-14/h3-10,13,16,23H,1,11-12H2,2H3,(H,22,24). The van der Waals surface area contributed by atoms with Crippen LogP contribution >= 0.6 is 0 Å². The Morgan fingerprint density at radius 1 is 1.40 bits per heavy atom. The molecule has 2 atom stereocenters. The van der Waals surface area contributed by atoms with Crippen LogP contribution in [-0.2, 0) is 0 Å². The molecule has 0 fully saturated rings. The van der Waals surface area contributed by atoms with Gasteiger partial charge in [0.2, 0.25) is 0 Å². The van der Waals surface area contributed by atoms with Crippen molar-refractivity contribution in [2.45, 2.75) is 25.5 Å². The number of aromatic nitrogens is 1. The molecular formula is C19H21FN2O3. The number of halogens is 1. The van der Waals surface area contributed by atoms with E-state index in [1.807, 2.05) is 0 Å². The highest BCUT2D eigenvalue weighted by Crippen LogP contribution is 2.20. The van der Waals surface area contributed by atoms with Crippen molar-refractivity contribution < 1.29 is 19.0 Å². The molecule has 132 valence electrons. The fourth-order valence-corrected chi connectivity index (χ4v) is 2.33. The number of nitrogens with one attached hydrogen (secondary N) is 1. The first-order chi connectivity index (χ1) is 12.0. The van der Waals surface area contributed by atoms with Crippen LogP contribution in [0.3, 0.4) is 0 Å². The van der Waals surface area contributed by atoms with Crippen molar-refractivity contribution >= 4 is 5.91 Å². The molecule has 1 aromatic carbocycles. The smallest absolute Gasteiger partial charge is 0.273 e. The van der Waals surface area contributed by atoms with E-state index in [9.17, 15) is 14.3 Å². The lowest BCUT2D eigenvalue weighted by Crippen LogP contribution is -2.34. The number of aliphatic hydroxyl groups is 1. The molecule has 1 aromatic heterocycles. The van der Waals surface area contributed by atoms with Crippen molar-refractivity contribution in [1.82, 2.24) is 10.3 Å². The van der Waals surface area contributed by atoms with E-state index in [1.54, 1.807) is 25.1 Å². The molecule has 0 aliphatic heterocycles. The number of carbonyl (C=O) groups excluding carboxylic acids is 1. The van der Waals surface area contributed by atoms with Gasteiger partial charge in [-0.3, -0.25) is 4.79 Å². The van der Waals surface area contributed by atoms with Crippen LogP contribution in [0.5, 0.6) is 5.75 Å². The Balaban J connectivity index is 1.98. The average molecular weight is 344 g/mol. The highest BCUT2D eigenvalue weighted by Gasteiger charge is 2.18. The van der Waals surface area contributed by atoms with E-state index >= 15 is 0 Å². The van der Waals surface area contributed by atoms with Gasteiger partial charge in [-0.25, -0.2) is 9.37 Å². The van der Waals surface area contributed by atoms with Gasteiger partial charge in [0.1, 0.15) is 12.4 Å². The number of hydrogen-bond donors (Lipinski definition) is 2. The maximum Gasteiger partial charge on any atom is 0.273 e. The molecule has 5 nitrogen and oxygen atoms in total. The fourth-order valence-electron chi connectivity index (χ4n) is 2.33. The van der Waals surface area contributed by atoms with Gasteiger partial charge < -0.3 is 15.2 Å². The number of benzene rings is 1. The van der Waals surface area contributed by atoms with Gasteiger partial charge >= 0.3 is 0 Å². The summed E-state index contributed by atoms with van der Waals surface area (Å²) < 4.78 is 18.4. The van der Waals surface area contributed by atoms with Crippen LogP contribution in [-0.4, -0.2) is 28.6 Å². The minimum Gasteiger partial charge on any atom is -0.487 e. The molecule has 2 rings (SSSR count). The van der Waals surface area contributed by atoms with Gasteiger partial charge in [0.15, 0.2) is 11.4 Å². The largest absolute Gasteiger partial charge is 0.487 e. The Kier molecular flexibility index (Phi) is 6.65. The molecule has 25 heavy (non-hydrogen) atoms. The molecule has 0 aliphatic rings. The van der Waals surface area contributed by atoms with Gasteiger partial charge in [-0.1, -0.05) is 24.8 Å². The molecule has 0 spiro atoms. The Morgan fingerprint density at radius 3 is 2.80 bits per heavy atom. The van der Waals surface area contributed by atoms with Crippen molar-refractivity contribution in [3.63, 3.8) is 0 Å². The Labute approximate surface area is 146 Å². The lowest BCUT2D eigenvalue weighted by molar-refractivity contribution is 0.0908. The molecular weight excluding hydrogens is 323 g/mol. The number of hydrogen-bond acceptors (Lipinski definition) is 4. The molecule has 0 radical (unpaired) electrons. The molecule has 2 N–H and O–H groups in total. The van der Waals surface area contributed by atoms with Crippen molar-refractivity contribution in [1.29, 1.82) is 0 Å². The second-order valence-electron chi connectivity index (χ2n) is 5.63. The van der Waals surface area contributed by atoms with Gasteiger partial charge in [0.05, 0.1) is 6.10 Å². The van der Waals surface area contributed by atoms with Crippen LogP contribution in [0.1, 0.15) is 35.5 Å². The number of rotatable bonds is 8. The predicted octanol–water partition coefficient (Wildman–Crippen LogP) is 3.03. The van der Waals surface area contributed by atoms with Crippen LogP contribution in [0.25, 0.3) is 0 Å². The third-order valence-corrected chi connectivity index (χ3v) is 3.55. The number of ether oxygens (including phenoxy) is 1. The normalized spacial score (nSPS) is 12.9. The van der Waals surface area contributed by atoms with Crippen LogP contribution < -0.4 is 10.1 Å². The van der Waals surface area contributed by atoms with Crippen LogP contribution in [0.15, 0.2) is 55.3 Å². The summed E-state index contributed by atoms with van der Waals surface area (Å²) in [5.41, 5.74) is 0.766. The zero-order valence-electron chi connectivity index (χ0n) is 14.0. The van der Waals surface area contributed by atoms with Gasteiger partial charge in [-0.05, 0) is 43.2 Å². The highest BCUT2D eigenvalue weighted by atomic mass is 19.1. The van der Waals surface area contributed by atoms with Crippen molar-refractivity contribution in [2.24, 2.45) is 0 Å². The summed E-state index contributed by atoms with van der Waals surface area (Å²) in [6.07, 6.45) is 2.56. The number of amides is 1. The van der Waals surface area contributed by atoms with E-state index in [1.165, 1.54) is 30.5 Å². The number of carbonyl (C=O) groups is 1. The summed E-state index contributed by atoms with van der Waals surface area (Å²) in [6.45, 7) is 5.61. The molecule has 0 bridgehead atoms. The van der Waals surface area contributed by atoms with Crippen LogP contribution in [0.4, 0.5) is 4.39 Å². The van der Waals surface area contributed by atoms with E-state index < -0.39 is 12.0 Å².